The number of aromatic nitrogens is 1. The molecule has 0 spiro atoms. The van der Waals surface area contributed by atoms with Gasteiger partial charge in [0.25, 0.3) is 0 Å². The number of nitrogens with zero attached hydrogens (tertiary/aromatic N) is 1. The average Bonchev–Trinajstić information content (AvgIpc) is 3.00. The molecule has 0 aromatic carbocycles. The Morgan fingerprint density at radius 1 is 1.65 bits per heavy atom. The number of nitrogens with one attached hydrogen (secondary N) is 1. The summed E-state index contributed by atoms with van der Waals surface area (Å²) in [4.78, 5) is 15.5. The van der Waals surface area contributed by atoms with Gasteiger partial charge in [-0.25, -0.2) is 4.98 Å². The highest BCUT2D eigenvalue weighted by Crippen LogP contribution is 2.48. The van der Waals surface area contributed by atoms with Crippen LogP contribution in [0.4, 0.5) is 5.13 Å². The maximum Gasteiger partial charge on any atom is 0.311 e. The van der Waals surface area contributed by atoms with Gasteiger partial charge in [0, 0.05) is 11.9 Å². The summed E-state index contributed by atoms with van der Waals surface area (Å²) in [6.07, 6.45) is 4.11. The Morgan fingerprint density at radius 2 is 2.41 bits per heavy atom. The van der Waals surface area contributed by atoms with E-state index in [0.717, 1.165) is 17.4 Å². The van der Waals surface area contributed by atoms with E-state index in [4.69, 9.17) is 0 Å². The molecule has 2 rings (SSSR count). The highest BCUT2D eigenvalue weighted by Gasteiger charge is 2.40. The molecule has 0 saturated heterocycles. The highest BCUT2D eigenvalue weighted by molar-refractivity contribution is 7.13. The van der Waals surface area contributed by atoms with Crippen LogP contribution in [0.2, 0.25) is 0 Å². The van der Waals surface area contributed by atoms with Gasteiger partial charge in [-0.3, -0.25) is 4.79 Å². The number of rotatable bonds is 6. The lowest BCUT2D eigenvalue weighted by Gasteiger charge is -2.12. The number of hydrogen-bond acceptors (Lipinski definition) is 5. The van der Waals surface area contributed by atoms with E-state index < -0.39 is 0 Å². The smallest absolute Gasteiger partial charge is 0.311 e. The van der Waals surface area contributed by atoms with E-state index in [-0.39, 0.29) is 12.4 Å². The Morgan fingerprint density at radius 3 is 3.00 bits per heavy atom. The minimum absolute atomic E-state index is 0.242. The minimum Gasteiger partial charge on any atom is -0.469 e. The zero-order valence-corrected chi connectivity index (χ0v) is 11.1. The number of carbonyl (C=O) groups is 1. The molecule has 0 amide bonds. The molecule has 1 N–H and O–H groups in total. The van der Waals surface area contributed by atoms with E-state index in [0.29, 0.717) is 5.41 Å². The third-order valence-corrected chi connectivity index (χ3v) is 4.28. The van der Waals surface area contributed by atoms with Crippen LogP contribution in [0.3, 0.4) is 0 Å². The Kier molecular flexibility index (Phi) is 3.66. The first-order chi connectivity index (χ1) is 8.17. The van der Waals surface area contributed by atoms with Crippen molar-refractivity contribution in [3.63, 3.8) is 0 Å². The zero-order valence-electron chi connectivity index (χ0n) is 10.3. The number of carbonyl (C=O) groups excluding carboxylic acids is 1. The molecule has 5 heteroatoms. The van der Waals surface area contributed by atoms with Crippen LogP contribution in [-0.2, 0) is 16.0 Å². The van der Waals surface area contributed by atoms with E-state index in [2.05, 4.69) is 22.0 Å². The lowest BCUT2D eigenvalue weighted by molar-refractivity contribution is -0.139. The normalized spacial score (nSPS) is 16.6. The van der Waals surface area contributed by atoms with Gasteiger partial charge in [0.15, 0.2) is 5.13 Å². The van der Waals surface area contributed by atoms with Gasteiger partial charge in [0.1, 0.15) is 0 Å². The van der Waals surface area contributed by atoms with Gasteiger partial charge in [-0.05, 0) is 24.7 Å². The molecule has 0 radical (unpaired) electrons. The second kappa shape index (κ2) is 5.04. The van der Waals surface area contributed by atoms with Crippen molar-refractivity contribution in [2.45, 2.75) is 32.6 Å². The third kappa shape index (κ3) is 3.19. The molecule has 1 aromatic rings. The maximum absolute atomic E-state index is 11.1. The van der Waals surface area contributed by atoms with Gasteiger partial charge in [0.05, 0.1) is 19.2 Å². The fourth-order valence-electron chi connectivity index (χ4n) is 1.78. The van der Waals surface area contributed by atoms with Gasteiger partial charge in [-0.1, -0.05) is 6.92 Å². The van der Waals surface area contributed by atoms with Crippen LogP contribution in [0.15, 0.2) is 5.38 Å². The summed E-state index contributed by atoms with van der Waals surface area (Å²) in [6.45, 7) is 3.23. The van der Waals surface area contributed by atoms with Crippen LogP contribution in [0.25, 0.3) is 0 Å². The van der Waals surface area contributed by atoms with Gasteiger partial charge < -0.3 is 10.1 Å². The topological polar surface area (TPSA) is 51.2 Å². The van der Waals surface area contributed by atoms with Crippen molar-refractivity contribution in [1.82, 2.24) is 4.98 Å². The molecule has 1 saturated carbocycles. The average molecular weight is 254 g/mol. The molecular formula is C12H18N2O2S. The molecule has 0 atom stereocenters. The van der Waals surface area contributed by atoms with Crippen molar-refractivity contribution in [3.8, 4) is 0 Å². The van der Waals surface area contributed by atoms with Crippen LogP contribution in [0.1, 0.15) is 31.9 Å². The van der Waals surface area contributed by atoms with Crippen molar-refractivity contribution in [2.24, 2.45) is 5.41 Å². The number of anilines is 1. The van der Waals surface area contributed by atoms with E-state index in [1.807, 2.05) is 5.38 Å². The third-order valence-electron chi connectivity index (χ3n) is 3.43. The first kappa shape index (κ1) is 12.4. The summed E-state index contributed by atoms with van der Waals surface area (Å²) >= 11 is 1.55. The largest absolute Gasteiger partial charge is 0.469 e. The zero-order chi connectivity index (χ0) is 12.3. The summed E-state index contributed by atoms with van der Waals surface area (Å²) in [5.74, 6) is -0.242. The molecule has 94 valence electrons. The van der Waals surface area contributed by atoms with Crippen LogP contribution >= 0.6 is 11.3 Å². The first-order valence-corrected chi connectivity index (χ1v) is 6.80. The summed E-state index contributed by atoms with van der Waals surface area (Å²) in [7, 11) is 1.39. The Hall–Kier alpha value is -1.10. The van der Waals surface area contributed by atoms with Crippen LogP contribution in [0.5, 0.6) is 0 Å². The second-order valence-electron chi connectivity index (χ2n) is 4.60. The van der Waals surface area contributed by atoms with E-state index in [1.165, 1.54) is 26.4 Å². The van der Waals surface area contributed by atoms with E-state index >= 15 is 0 Å². The molecule has 0 bridgehead atoms. The molecular weight excluding hydrogens is 236 g/mol. The lowest BCUT2D eigenvalue weighted by atomic mass is 10.0. The molecule has 4 nitrogen and oxygen atoms in total. The quantitative estimate of drug-likeness (QED) is 0.792. The Labute approximate surface area is 105 Å². The summed E-state index contributed by atoms with van der Waals surface area (Å²) < 4.78 is 4.61. The van der Waals surface area contributed by atoms with Gasteiger partial charge >= 0.3 is 5.97 Å². The monoisotopic (exact) mass is 254 g/mol. The van der Waals surface area contributed by atoms with Crippen molar-refractivity contribution in [2.75, 3.05) is 19.0 Å². The fraction of sp³-hybridized carbons (Fsp3) is 0.667. The fourth-order valence-corrected chi connectivity index (χ4v) is 2.49. The number of thiazole rings is 1. The maximum atomic E-state index is 11.1. The van der Waals surface area contributed by atoms with Gasteiger partial charge in [-0.15, -0.1) is 11.3 Å². The SMILES string of the molecule is CCC1(CNc2nc(CC(=O)OC)cs2)CC1. The van der Waals surface area contributed by atoms with Crippen molar-refractivity contribution < 1.29 is 9.53 Å². The minimum atomic E-state index is -0.242. The number of esters is 1. The number of ether oxygens (including phenoxy) is 1. The summed E-state index contributed by atoms with van der Waals surface area (Å²) in [5, 5.41) is 6.18. The summed E-state index contributed by atoms with van der Waals surface area (Å²) in [6, 6.07) is 0. The molecule has 0 aliphatic heterocycles. The van der Waals surface area contributed by atoms with E-state index in [1.54, 1.807) is 11.3 Å². The highest BCUT2D eigenvalue weighted by atomic mass is 32.1. The predicted octanol–water partition coefficient (Wildman–Crippen LogP) is 2.46. The van der Waals surface area contributed by atoms with Crippen molar-refractivity contribution in [1.29, 1.82) is 0 Å². The predicted molar refractivity (Wildman–Crippen MR) is 68.3 cm³/mol. The van der Waals surface area contributed by atoms with Gasteiger partial charge in [-0.2, -0.15) is 0 Å². The number of hydrogen-bond donors (Lipinski definition) is 1. The molecule has 0 unspecified atom stereocenters. The molecule has 1 aliphatic rings. The Balaban J connectivity index is 1.84. The first-order valence-electron chi connectivity index (χ1n) is 5.92. The molecule has 1 aromatic heterocycles. The molecule has 1 aliphatic carbocycles. The van der Waals surface area contributed by atoms with Crippen molar-refractivity contribution in [3.05, 3.63) is 11.1 Å². The lowest BCUT2D eigenvalue weighted by Crippen LogP contribution is -2.14. The summed E-state index contributed by atoms with van der Waals surface area (Å²) in [5.41, 5.74) is 1.29. The van der Waals surface area contributed by atoms with E-state index in [9.17, 15) is 4.79 Å². The van der Waals surface area contributed by atoms with Crippen LogP contribution in [-0.4, -0.2) is 24.6 Å². The van der Waals surface area contributed by atoms with Crippen LogP contribution in [0, 0.1) is 5.41 Å². The molecule has 17 heavy (non-hydrogen) atoms. The second-order valence-corrected chi connectivity index (χ2v) is 5.46. The van der Waals surface area contributed by atoms with Crippen LogP contribution < -0.4 is 5.32 Å². The Bertz CT molecular complexity index is 399. The standard InChI is InChI=1S/C12H18N2O2S/c1-3-12(4-5-12)8-13-11-14-9(7-17-11)6-10(15)16-2/h7H,3-6,8H2,1-2H3,(H,13,14). The van der Waals surface area contributed by atoms with Gasteiger partial charge in [0.2, 0.25) is 0 Å². The molecule has 1 heterocycles. The number of methoxy groups -OCH3 is 1. The van der Waals surface area contributed by atoms with Crippen molar-refractivity contribution >= 4 is 22.4 Å². The molecule has 1 fully saturated rings.